The lowest BCUT2D eigenvalue weighted by atomic mass is 9.88. The van der Waals surface area contributed by atoms with Crippen molar-refractivity contribution < 1.29 is 0 Å². The van der Waals surface area contributed by atoms with Gasteiger partial charge in [0.2, 0.25) is 0 Å². The first kappa shape index (κ1) is 14.7. The molecule has 1 aromatic rings. The molecule has 18 heavy (non-hydrogen) atoms. The maximum absolute atomic E-state index is 8.61. The Morgan fingerprint density at radius 2 is 2.00 bits per heavy atom. The van der Waals surface area contributed by atoms with E-state index in [1.807, 2.05) is 0 Å². The van der Waals surface area contributed by atoms with Crippen molar-refractivity contribution in [3.8, 4) is 6.07 Å². The predicted octanol–water partition coefficient (Wildman–Crippen LogP) is 3.46. The molecule has 0 aliphatic rings. The third-order valence-corrected chi connectivity index (χ3v) is 3.35. The van der Waals surface area contributed by atoms with Gasteiger partial charge in [-0.3, -0.25) is 0 Å². The fourth-order valence-electron chi connectivity index (χ4n) is 2.02. The van der Waals surface area contributed by atoms with Crippen molar-refractivity contribution in [3.05, 3.63) is 35.4 Å². The summed E-state index contributed by atoms with van der Waals surface area (Å²) >= 11 is 0. The van der Waals surface area contributed by atoms with E-state index in [0.717, 1.165) is 25.9 Å². The molecule has 0 aliphatic heterocycles. The molecular formula is C16H24N2. The van der Waals surface area contributed by atoms with Crippen molar-refractivity contribution in [1.82, 2.24) is 5.32 Å². The van der Waals surface area contributed by atoms with Crippen LogP contribution in [-0.2, 0) is 6.42 Å². The minimum Gasteiger partial charge on any atom is -0.316 e. The van der Waals surface area contributed by atoms with Gasteiger partial charge < -0.3 is 5.32 Å². The highest BCUT2D eigenvalue weighted by Gasteiger charge is 2.16. The molecule has 1 aromatic carbocycles. The summed E-state index contributed by atoms with van der Waals surface area (Å²) in [7, 11) is 0. The van der Waals surface area contributed by atoms with Gasteiger partial charge in [0.15, 0.2) is 0 Å². The molecule has 0 atom stereocenters. The zero-order valence-corrected chi connectivity index (χ0v) is 11.8. The second-order valence-electron chi connectivity index (χ2n) is 5.68. The summed E-state index contributed by atoms with van der Waals surface area (Å²) in [5, 5.41) is 12.1. The van der Waals surface area contributed by atoms with E-state index in [2.05, 4.69) is 56.4 Å². The number of rotatable bonds is 7. The van der Waals surface area contributed by atoms with E-state index in [0.29, 0.717) is 6.42 Å². The molecule has 0 saturated carbocycles. The Hall–Kier alpha value is -1.33. The van der Waals surface area contributed by atoms with E-state index in [1.54, 1.807) is 0 Å². The van der Waals surface area contributed by atoms with Gasteiger partial charge in [-0.25, -0.2) is 0 Å². The van der Waals surface area contributed by atoms with E-state index >= 15 is 0 Å². The van der Waals surface area contributed by atoms with Crippen LogP contribution in [0.5, 0.6) is 0 Å². The molecule has 0 heterocycles. The van der Waals surface area contributed by atoms with Crippen LogP contribution in [0.2, 0.25) is 0 Å². The molecule has 0 spiro atoms. The molecule has 2 nitrogen and oxygen atoms in total. The third kappa shape index (κ3) is 5.33. The van der Waals surface area contributed by atoms with Crippen molar-refractivity contribution in [1.29, 1.82) is 5.26 Å². The highest BCUT2D eigenvalue weighted by atomic mass is 14.9. The Kier molecular flexibility index (Phi) is 5.88. The molecule has 0 aliphatic carbocycles. The first-order valence-corrected chi connectivity index (χ1v) is 6.67. The second-order valence-corrected chi connectivity index (χ2v) is 5.68. The summed E-state index contributed by atoms with van der Waals surface area (Å²) in [5.74, 6) is 0. The lowest BCUT2D eigenvalue weighted by molar-refractivity contribution is 0.319. The Morgan fingerprint density at radius 1 is 1.28 bits per heavy atom. The number of nitriles is 1. The SMILES string of the molecule is Cc1ccccc1CCNCC(C)(C)CCC#N. The van der Waals surface area contributed by atoms with Crippen LogP contribution in [0.25, 0.3) is 0 Å². The van der Waals surface area contributed by atoms with Crippen molar-refractivity contribution in [2.24, 2.45) is 5.41 Å². The average Bonchev–Trinajstić information content (AvgIpc) is 2.34. The summed E-state index contributed by atoms with van der Waals surface area (Å²) in [4.78, 5) is 0. The fourth-order valence-corrected chi connectivity index (χ4v) is 2.02. The van der Waals surface area contributed by atoms with Crippen LogP contribution in [0.3, 0.4) is 0 Å². The van der Waals surface area contributed by atoms with Crippen molar-refractivity contribution in [2.75, 3.05) is 13.1 Å². The maximum Gasteiger partial charge on any atom is 0.0621 e. The minimum absolute atomic E-state index is 0.210. The van der Waals surface area contributed by atoms with Gasteiger partial charge in [0, 0.05) is 13.0 Å². The molecule has 1 N–H and O–H groups in total. The van der Waals surface area contributed by atoms with Crippen LogP contribution in [0.15, 0.2) is 24.3 Å². The Morgan fingerprint density at radius 3 is 2.67 bits per heavy atom. The molecular weight excluding hydrogens is 220 g/mol. The van der Waals surface area contributed by atoms with Crippen LogP contribution in [0.4, 0.5) is 0 Å². The lowest BCUT2D eigenvalue weighted by Crippen LogP contribution is -2.30. The molecule has 98 valence electrons. The van der Waals surface area contributed by atoms with Crippen LogP contribution >= 0.6 is 0 Å². The van der Waals surface area contributed by atoms with E-state index < -0.39 is 0 Å². The van der Waals surface area contributed by atoms with E-state index in [1.165, 1.54) is 11.1 Å². The van der Waals surface area contributed by atoms with E-state index in [-0.39, 0.29) is 5.41 Å². The lowest BCUT2D eigenvalue weighted by Gasteiger charge is -2.23. The Bertz CT molecular complexity index is 402. The zero-order chi connectivity index (χ0) is 13.4. The predicted molar refractivity (Wildman–Crippen MR) is 76.4 cm³/mol. The minimum atomic E-state index is 0.210. The topological polar surface area (TPSA) is 35.8 Å². The number of nitrogens with one attached hydrogen (secondary N) is 1. The first-order valence-electron chi connectivity index (χ1n) is 6.67. The normalized spacial score (nSPS) is 11.2. The Balaban J connectivity index is 2.27. The molecule has 1 rings (SSSR count). The van der Waals surface area contributed by atoms with Gasteiger partial charge in [-0.1, -0.05) is 38.1 Å². The maximum atomic E-state index is 8.61. The summed E-state index contributed by atoms with van der Waals surface area (Å²) in [6.07, 6.45) is 2.67. The molecule has 0 aromatic heterocycles. The number of aryl methyl sites for hydroxylation is 1. The molecule has 0 radical (unpaired) electrons. The molecule has 0 bridgehead atoms. The number of hydrogen-bond donors (Lipinski definition) is 1. The van der Waals surface area contributed by atoms with Gasteiger partial charge in [-0.15, -0.1) is 0 Å². The molecule has 0 amide bonds. The van der Waals surface area contributed by atoms with Crippen molar-refractivity contribution >= 4 is 0 Å². The zero-order valence-electron chi connectivity index (χ0n) is 11.8. The van der Waals surface area contributed by atoms with Crippen LogP contribution in [0.1, 0.15) is 37.8 Å². The monoisotopic (exact) mass is 244 g/mol. The van der Waals surface area contributed by atoms with Crippen LogP contribution in [-0.4, -0.2) is 13.1 Å². The summed E-state index contributed by atoms with van der Waals surface area (Å²) in [6.45, 7) is 8.56. The van der Waals surface area contributed by atoms with Gasteiger partial charge in [-0.2, -0.15) is 5.26 Å². The van der Waals surface area contributed by atoms with Gasteiger partial charge in [0.1, 0.15) is 0 Å². The highest BCUT2D eigenvalue weighted by molar-refractivity contribution is 5.25. The van der Waals surface area contributed by atoms with Gasteiger partial charge >= 0.3 is 0 Å². The molecule has 0 unspecified atom stereocenters. The van der Waals surface area contributed by atoms with E-state index in [9.17, 15) is 0 Å². The van der Waals surface area contributed by atoms with Crippen LogP contribution < -0.4 is 5.32 Å². The number of hydrogen-bond acceptors (Lipinski definition) is 2. The molecule has 0 saturated heterocycles. The fraction of sp³-hybridized carbons (Fsp3) is 0.562. The number of benzene rings is 1. The quantitative estimate of drug-likeness (QED) is 0.746. The van der Waals surface area contributed by atoms with E-state index in [4.69, 9.17) is 5.26 Å². The van der Waals surface area contributed by atoms with Crippen LogP contribution in [0, 0.1) is 23.7 Å². The largest absolute Gasteiger partial charge is 0.316 e. The Labute approximate surface area is 111 Å². The molecule has 0 fully saturated rings. The highest BCUT2D eigenvalue weighted by Crippen LogP contribution is 2.20. The van der Waals surface area contributed by atoms with Crippen molar-refractivity contribution in [2.45, 2.75) is 40.0 Å². The third-order valence-electron chi connectivity index (χ3n) is 3.35. The summed E-state index contributed by atoms with van der Waals surface area (Å²) in [5.41, 5.74) is 2.99. The standard InChI is InChI=1S/C16H24N2/c1-14-7-4-5-8-15(14)9-12-18-13-16(2,3)10-6-11-17/h4-5,7-8,18H,6,9-10,12-13H2,1-3H3. The second kappa shape index (κ2) is 7.18. The summed E-state index contributed by atoms with van der Waals surface area (Å²) in [6, 6.07) is 10.7. The van der Waals surface area contributed by atoms with Gasteiger partial charge in [0.05, 0.1) is 6.07 Å². The van der Waals surface area contributed by atoms with Crippen molar-refractivity contribution in [3.63, 3.8) is 0 Å². The van der Waals surface area contributed by atoms with Gasteiger partial charge in [-0.05, 0) is 42.9 Å². The molecule has 2 heteroatoms. The summed E-state index contributed by atoms with van der Waals surface area (Å²) < 4.78 is 0. The first-order chi connectivity index (χ1) is 8.55. The van der Waals surface area contributed by atoms with Gasteiger partial charge in [0.25, 0.3) is 0 Å². The average molecular weight is 244 g/mol. The number of nitrogens with zero attached hydrogens (tertiary/aromatic N) is 1. The smallest absolute Gasteiger partial charge is 0.0621 e.